The van der Waals surface area contributed by atoms with Gasteiger partial charge >= 0.3 is 0 Å². The first-order chi connectivity index (χ1) is 6.18. The minimum atomic E-state index is 0.767. The summed E-state index contributed by atoms with van der Waals surface area (Å²) in [5.41, 5.74) is 3.50. The van der Waals surface area contributed by atoms with E-state index in [0.717, 1.165) is 27.7 Å². The van der Waals surface area contributed by atoms with E-state index in [9.17, 15) is 0 Å². The molecule has 1 aliphatic heterocycles. The molecule has 0 fully saturated rings. The highest BCUT2D eigenvalue weighted by Gasteiger charge is 2.12. The zero-order valence-electron chi connectivity index (χ0n) is 7.26. The number of nitrogens with one attached hydrogen (secondary N) is 1. The van der Waals surface area contributed by atoms with E-state index in [2.05, 4.69) is 24.9 Å². The molecule has 3 heteroatoms. The number of anilines is 1. The van der Waals surface area contributed by atoms with Crippen LogP contribution in [0, 0.1) is 0 Å². The van der Waals surface area contributed by atoms with Crippen LogP contribution in [0.2, 0.25) is 5.02 Å². The zero-order valence-corrected chi connectivity index (χ0v) is 8.91. The van der Waals surface area contributed by atoms with Gasteiger partial charge in [-0.25, -0.2) is 0 Å². The molecule has 0 radical (unpaired) electrons. The molecule has 0 unspecified atom stereocenters. The third-order valence-electron chi connectivity index (χ3n) is 2.26. The van der Waals surface area contributed by atoms with Gasteiger partial charge in [-0.1, -0.05) is 11.6 Å². The second kappa shape index (κ2) is 3.28. The van der Waals surface area contributed by atoms with Crippen molar-refractivity contribution in [2.24, 2.45) is 0 Å². The molecular weight excluding hydrogens is 202 g/mol. The fourth-order valence-corrected chi connectivity index (χ4v) is 1.82. The van der Waals surface area contributed by atoms with Gasteiger partial charge in [0.15, 0.2) is 0 Å². The molecule has 1 aromatic carbocycles. The average molecular weight is 212 g/mol. The van der Waals surface area contributed by atoms with Gasteiger partial charge in [0, 0.05) is 27.7 Å². The van der Waals surface area contributed by atoms with Gasteiger partial charge in [0.25, 0.3) is 0 Å². The van der Waals surface area contributed by atoms with Gasteiger partial charge in [-0.2, -0.15) is 0 Å². The molecule has 0 spiro atoms. The number of thiol groups is 1. The van der Waals surface area contributed by atoms with Crippen LogP contribution in [0.1, 0.15) is 12.5 Å². The summed E-state index contributed by atoms with van der Waals surface area (Å²) >= 11 is 10.3. The van der Waals surface area contributed by atoms with Crippen molar-refractivity contribution in [1.29, 1.82) is 0 Å². The van der Waals surface area contributed by atoms with Crippen molar-refractivity contribution in [3.63, 3.8) is 0 Å². The smallest absolute Gasteiger partial charge is 0.0460 e. The monoisotopic (exact) mass is 211 g/mol. The second-order valence-electron chi connectivity index (χ2n) is 3.12. The van der Waals surface area contributed by atoms with Crippen LogP contribution in [-0.2, 0) is 0 Å². The van der Waals surface area contributed by atoms with Gasteiger partial charge in [-0.3, -0.25) is 0 Å². The summed E-state index contributed by atoms with van der Waals surface area (Å²) in [7, 11) is 0. The van der Waals surface area contributed by atoms with E-state index >= 15 is 0 Å². The van der Waals surface area contributed by atoms with Gasteiger partial charge in [0.2, 0.25) is 0 Å². The molecule has 0 aliphatic carbocycles. The van der Waals surface area contributed by atoms with E-state index in [4.69, 9.17) is 11.6 Å². The molecule has 0 aromatic heterocycles. The number of rotatable bonds is 0. The van der Waals surface area contributed by atoms with Crippen LogP contribution >= 0.6 is 24.2 Å². The summed E-state index contributed by atoms with van der Waals surface area (Å²) in [6.07, 6.45) is 0. The molecule has 0 atom stereocenters. The van der Waals surface area contributed by atoms with Crippen molar-refractivity contribution in [2.75, 3.05) is 11.9 Å². The maximum atomic E-state index is 5.91. The zero-order chi connectivity index (χ0) is 9.42. The summed E-state index contributed by atoms with van der Waals surface area (Å²) in [5, 5.41) is 4.04. The van der Waals surface area contributed by atoms with Crippen molar-refractivity contribution >= 4 is 35.5 Å². The van der Waals surface area contributed by atoms with Crippen LogP contribution in [0.3, 0.4) is 0 Å². The van der Waals surface area contributed by atoms with Crippen LogP contribution in [-0.4, -0.2) is 6.54 Å². The van der Waals surface area contributed by atoms with E-state index in [1.165, 1.54) is 5.57 Å². The van der Waals surface area contributed by atoms with Gasteiger partial charge in [-0.05, 0) is 30.7 Å². The number of benzene rings is 1. The lowest BCUT2D eigenvalue weighted by Gasteiger charge is -2.20. The molecule has 0 bridgehead atoms. The van der Waals surface area contributed by atoms with Crippen LogP contribution < -0.4 is 5.32 Å². The minimum absolute atomic E-state index is 0.767. The normalized spacial score (nSPS) is 15.3. The highest BCUT2D eigenvalue weighted by Crippen LogP contribution is 2.33. The molecule has 0 saturated carbocycles. The molecule has 1 N–H and O–H groups in total. The van der Waals surface area contributed by atoms with Gasteiger partial charge in [-0.15, -0.1) is 12.6 Å². The quantitative estimate of drug-likeness (QED) is 0.627. The Bertz CT molecular complexity index is 385. The van der Waals surface area contributed by atoms with Gasteiger partial charge < -0.3 is 5.32 Å². The number of halogens is 1. The lowest BCUT2D eigenvalue weighted by Crippen LogP contribution is -2.10. The predicted molar refractivity (Wildman–Crippen MR) is 61.5 cm³/mol. The fourth-order valence-electron chi connectivity index (χ4n) is 1.45. The van der Waals surface area contributed by atoms with Crippen LogP contribution in [0.4, 0.5) is 5.69 Å². The Morgan fingerprint density at radius 1 is 1.46 bits per heavy atom. The molecule has 2 rings (SSSR count). The van der Waals surface area contributed by atoms with E-state index < -0.39 is 0 Å². The summed E-state index contributed by atoms with van der Waals surface area (Å²) in [5.74, 6) is 0. The molecule has 1 heterocycles. The van der Waals surface area contributed by atoms with E-state index in [0.29, 0.717) is 0 Å². The second-order valence-corrected chi connectivity index (χ2v) is 4.09. The number of hydrogen-bond donors (Lipinski definition) is 2. The summed E-state index contributed by atoms with van der Waals surface area (Å²) in [4.78, 5) is 1.08. The van der Waals surface area contributed by atoms with Crippen molar-refractivity contribution in [1.82, 2.24) is 0 Å². The van der Waals surface area contributed by atoms with Crippen LogP contribution in [0.15, 0.2) is 23.1 Å². The van der Waals surface area contributed by atoms with Crippen molar-refractivity contribution in [2.45, 2.75) is 6.92 Å². The molecule has 1 aromatic rings. The van der Waals surface area contributed by atoms with Crippen molar-refractivity contribution in [3.05, 3.63) is 33.7 Å². The highest BCUT2D eigenvalue weighted by atomic mass is 35.5. The van der Waals surface area contributed by atoms with E-state index in [1.807, 2.05) is 18.2 Å². The standard InChI is InChI=1S/C10H10ClNS/c1-6-8-4-7(11)2-3-9(8)12-5-10(6)13/h2-4,12-13H,5H2,1H3. The summed E-state index contributed by atoms with van der Waals surface area (Å²) < 4.78 is 0. The Morgan fingerprint density at radius 3 is 3.00 bits per heavy atom. The first-order valence-corrected chi connectivity index (χ1v) is 4.93. The van der Waals surface area contributed by atoms with Gasteiger partial charge in [0.05, 0.1) is 0 Å². The Morgan fingerprint density at radius 2 is 2.23 bits per heavy atom. The van der Waals surface area contributed by atoms with Crippen molar-refractivity contribution in [3.8, 4) is 0 Å². The van der Waals surface area contributed by atoms with Crippen molar-refractivity contribution < 1.29 is 0 Å². The van der Waals surface area contributed by atoms with E-state index in [-0.39, 0.29) is 0 Å². The Hall–Kier alpha value is -0.600. The summed E-state index contributed by atoms with van der Waals surface area (Å²) in [6, 6.07) is 5.86. The molecule has 13 heavy (non-hydrogen) atoms. The topological polar surface area (TPSA) is 12.0 Å². The molecule has 0 amide bonds. The Labute approximate surface area is 88.2 Å². The average Bonchev–Trinajstić information content (AvgIpc) is 2.12. The minimum Gasteiger partial charge on any atom is -0.380 e. The number of hydrogen-bond acceptors (Lipinski definition) is 2. The first-order valence-electron chi connectivity index (χ1n) is 4.11. The largest absolute Gasteiger partial charge is 0.380 e. The molecule has 0 saturated heterocycles. The molecule has 1 nitrogen and oxygen atoms in total. The van der Waals surface area contributed by atoms with Crippen LogP contribution in [0.5, 0.6) is 0 Å². The summed E-state index contributed by atoms with van der Waals surface area (Å²) in [6.45, 7) is 2.88. The van der Waals surface area contributed by atoms with Crippen LogP contribution in [0.25, 0.3) is 5.57 Å². The lowest BCUT2D eigenvalue weighted by molar-refractivity contribution is 1.26. The number of fused-ring (bicyclic) bond motifs is 1. The SMILES string of the molecule is CC1=C(S)CNc2ccc(Cl)cc21. The Kier molecular flexibility index (Phi) is 2.26. The molecule has 1 aliphatic rings. The third kappa shape index (κ3) is 1.56. The van der Waals surface area contributed by atoms with E-state index in [1.54, 1.807) is 0 Å². The third-order valence-corrected chi connectivity index (χ3v) is 2.99. The van der Waals surface area contributed by atoms with Gasteiger partial charge in [0.1, 0.15) is 0 Å². The Balaban J connectivity index is 2.60. The fraction of sp³-hybridized carbons (Fsp3) is 0.200. The number of allylic oxidation sites excluding steroid dienone is 1. The maximum Gasteiger partial charge on any atom is 0.0460 e. The molecular formula is C10H10ClNS. The molecule has 68 valence electrons. The highest BCUT2D eigenvalue weighted by molar-refractivity contribution is 7.84. The maximum absolute atomic E-state index is 5.91. The first kappa shape index (κ1) is 8.97. The predicted octanol–water partition coefficient (Wildman–Crippen LogP) is 3.43. The lowest BCUT2D eigenvalue weighted by atomic mass is 10.0.